The number of carbonyl (C=O) groups excluding carboxylic acids is 1. The predicted octanol–water partition coefficient (Wildman–Crippen LogP) is 2.52. The average molecular weight is 170 g/mol. The first kappa shape index (κ1) is 9.56. The van der Waals surface area contributed by atoms with E-state index < -0.39 is 0 Å². The molecule has 0 aliphatic heterocycles. The summed E-state index contributed by atoms with van der Waals surface area (Å²) >= 11 is 0. The lowest BCUT2D eigenvalue weighted by molar-refractivity contribution is -0.155. The van der Waals surface area contributed by atoms with E-state index in [1.54, 1.807) is 0 Å². The van der Waals surface area contributed by atoms with Crippen LogP contribution in [0.2, 0.25) is 0 Å². The van der Waals surface area contributed by atoms with Gasteiger partial charge in [0.1, 0.15) is 6.10 Å². The van der Waals surface area contributed by atoms with Gasteiger partial charge in [0, 0.05) is 12.3 Å². The molecule has 1 aliphatic rings. The van der Waals surface area contributed by atoms with E-state index in [1.165, 1.54) is 26.2 Å². The Labute approximate surface area is 74.3 Å². The molecule has 2 heteroatoms. The molecule has 0 aromatic rings. The van der Waals surface area contributed by atoms with E-state index in [0.717, 1.165) is 6.42 Å². The fraction of sp³-hybridized carbons (Fsp3) is 0.900. The number of hydrogen-bond acceptors (Lipinski definition) is 2. The molecular formula is C10H18O2. The fourth-order valence-electron chi connectivity index (χ4n) is 1.88. The summed E-state index contributed by atoms with van der Waals surface area (Å²) in [6.07, 6.45) is 4.81. The van der Waals surface area contributed by atoms with Gasteiger partial charge in [-0.1, -0.05) is 20.3 Å². The Bertz CT molecular complexity index is 173. The van der Waals surface area contributed by atoms with Crippen molar-refractivity contribution in [3.8, 4) is 0 Å². The molecule has 1 aliphatic carbocycles. The predicted molar refractivity (Wildman–Crippen MR) is 47.8 cm³/mol. The highest BCUT2D eigenvalue weighted by atomic mass is 16.5. The highest BCUT2D eigenvalue weighted by Crippen LogP contribution is 2.37. The van der Waals surface area contributed by atoms with Crippen molar-refractivity contribution in [2.75, 3.05) is 0 Å². The van der Waals surface area contributed by atoms with Gasteiger partial charge < -0.3 is 4.74 Å². The first-order valence-corrected chi connectivity index (χ1v) is 4.69. The van der Waals surface area contributed by atoms with Gasteiger partial charge in [0.2, 0.25) is 0 Å². The molecular weight excluding hydrogens is 152 g/mol. The van der Waals surface area contributed by atoms with Crippen LogP contribution in [0.1, 0.15) is 46.5 Å². The highest BCUT2D eigenvalue weighted by Gasteiger charge is 2.34. The molecule has 1 rings (SSSR count). The van der Waals surface area contributed by atoms with Crippen molar-refractivity contribution >= 4 is 5.97 Å². The fourth-order valence-corrected chi connectivity index (χ4v) is 1.88. The van der Waals surface area contributed by atoms with Gasteiger partial charge in [-0.25, -0.2) is 0 Å². The molecule has 2 nitrogen and oxygen atoms in total. The van der Waals surface area contributed by atoms with Crippen molar-refractivity contribution in [2.24, 2.45) is 5.41 Å². The lowest BCUT2D eigenvalue weighted by Crippen LogP contribution is -2.36. The zero-order valence-corrected chi connectivity index (χ0v) is 8.22. The molecule has 0 aromatic carbocycles. The lowest BCUT2D eigenvalue weighted by atomic mass is 9.75. The van der Waals surface area contributed by atoms with Crippen LogP contribution in [0.25, 0.3) is 0 Å². The van der Waals surface area contributed by atoms with Crippen LogP contribution in [0.3, 0.4) is 0 Å². The number of rotatable bonds is 1. The Balaban J connectivity index is 2.54. The minimum absolute atomic E-state index is 0.142. The van der Waals surface area contributed by atoms with Gasteiger partial charge >= 0.3 is 5.97 Å². The number of esters is 1. The van der Waals surface area contributed by atoms with Gasteiger partial charge in [0.15, 0.2) is 0 Å². The third-order valence-corrected chi connectivity index (χ3v) is 2.72. The molecule has 0 heterocycles. The zero-order valence-electron chi connectivity index (χ0n) is 8.22. The Kier molecular flexibility index (Phi) is 2.76. The summed E-state index contributed by atoms with van der Waals surface area (Å²) in [6.45, 7) is 5.85. The van der Waals surface area contributed by atoms with Crippen LogP contribution < -0.4 is 0 Å². The second kappa shape index (κ2) is 3.46. The van der Waals surface area contributed by atoms with Crippen molar-refractivity contribution in [1.29, 1.82) is 0 Å². The second-order valence-electron chi connectivity index (χ2n) is 4.33. The molecule has 0 aromatic heterocycles. The Morgan fingerprint density at radius 1 is 1.42 bits per heavy atom. The lowest BCUT2D eigenvalue weighted by Gasteiger charge is -2.37. The van der Waals surface area contributed by atoms with E-state index in [4.69, 9.17) is 4.74 Å². The first-order valence-electron chi connectivity index (χ1n) is 4.69. The van der Waals surface area contributed by atoms with Crippen molar-refractivity contribution < 1.29 is 9.53 Å². The van der Waals surface area contributed by atoms with Crippen LogP contribution in [0.5, 0.6) is 0 Å². The van der Waals surface area contributed by atoms with Crippen LogP contribution in [0.4, 0.5) is 0 Å². The van der Waals surface area contributed by atoms with Crippen LogP contribution in [0.15, 0.2) is 0 Å². The van der Waals surface area contributed by atoms with E-state index >= 15 is 0 Å². The normalized spacial score (nSPS) is 28.1. The maximum Gasteiger partial charge on any atom is 0.302 e. The maximum atomic E-state index is 10.8. The van der Waals surface area contributed by atoms with Crippen molar-refractivity contribution in [1.82, 2.24) is 0 Å². The van der Waals surface area contributed by atoms with Gasteiger partial charge in [0.05, 0.1) is 0 Å². The summed E-state index contributed by atoms with van der Waals surface area (Å²) in [4.78, 5) is 10.8. The van der Waals surface area contributed by atoms with Crippen LogP contribution in [0, 0.1) is 5.41 Å². The minimum atomic E-state index is -0.144. The Hall–Kier alpha value is -0.530. The molecule has 1 saturated carbocycles. The number of ether oxygens (including phenoxy) is 1. The maximum absolute atomic E-state index is 10.8. The summed E-state index contributed by atoms with van der Waals surface area (Å²) in [7, 11) is 0. The van der Waals surface area contributed by atoms with E-state index in [0.29, 0.717) is 0 Å². The molecule has 12 heavy (non-hydrogen) atoms. The van der Waals surface area contributed by atoms with Crippen LogP contribution in [-0.2, 0) is 9.53 Å². The molecule has 1 fully saturated rings. The van der Waals surface area contributed by atoms with Crippen LogP contribution in [-0.4, -0.2) is 12.1 Å². The third-order valence-electron chi connectivity index (χ3n) is 2.72. The van der Waals surface area contributed by atoms with Crippen LogP contribution >= 0.6 is 0 Å². The first-order chi connectivity index (χ1) is 5.52. The monoisotopic (exact) mass is 170 g/mol. The third kappa shape index (κ3) is 2.23. The van der Waals surface area contributed by atoms with E-state index in [2.05, 4.69) is 13.8 Å². The minimum Gasteiger partial charge on any atom is -0.462 e. The smallest absolute Gasteiger partial charge is 0.302 e. The molecule has 0 amide bonds. The standard InChI is InChI=1S/C10H18O2/c1-8(11)12-9-6-4-5-7-10(9,2)3/h9H,4-7H2,1-3H3. The van der Waals surface area contributed by atoms with E-state index in [9.17, 15) is 4.79 Å². The van der Waals surface area contributed by atoms with Crippen molar-refractivity contribution in [2.45, 2.75) is 52.6 Å². The molecule has 0 radical (unpaired) electrons. The topological polar surface area (TPSA) is 26.3 Å². The highest BCUT2D eigenvalue weighted by molar-refractivity contribution is 5.66. The molecule has 1 unspecified atom stereocenters. The zero-order chi connectivity index (χ0) is 9.19. The second-order valence-corrected chi connectivity index (χ2v) is 4.33. The van der Waals surface area contributed by atoms with Gasteiger partial charge in [-0.3, -0.25) is 4.79 Å². The summed E-state index contributed by atoms with van der Waals surface area (Å²) < 4.78 is 5.27. The Morgan fingerprint density at radius 3 is 2.58 bits per heavy atom. The van der Waals surface area contributed by atoms with Gasteiger partial charge in [-0.05, 0) is 19.3 Å². The van der Waals surface area contributed by atoms with Gasteiger partial charge in [-0.15, -0.1) is 0 Å². The van der Waals surface area contributed by atoms with Crippen molar-refractivity contribution in [3.05, 3.63) is 0 Å². The number of hydrogen-bond donors (Lipinski definition) is 0. The van der Waals surface area contributed by atoms with Crippen molar-refractivity contribution in [3.63, 3.8) is 0 Å². The molecule has 70 valence electrons. The summed E-state index contributed by atoms with van der Waals surface area (Å²) in [6, 6.07) is 0. The molecule has 0 saturated heterocycles. The molecule has 0 N–H and O–H groups in total. The largest absolute Gasteiger partial charge is 0.462 e. The Morgan fingerprint density at radius 2 is 2.08 bits per heavy atom. The van der Waals surface area contributed by atoms with Gasteiger partial charge in [0.25, 0.3) is 0 Å². The van der Waals surface area contributed by atoms with Gasteiger partial charge in [-0.2, -0.15) is 0 Å². The molecule has 0 spiro atoms. The molecule has 1 atom stereocenters. The van der Waals surface area contributed by atoms with E-state index in [-0.39, 0.29) is 17.5 Å². The summed E-state index contributed by atoms with van der Waals surface area (Å²) in [5.41, 5.74) is 0.184. The quantitative estimate of drug-likeness (QED) is 0.565. The molecule has 0 bridgehead atoms. The average Bonchev–Trinajstić information content (AvgIpc) is 1.92. The number of carbonyl (C=O) groups is 1. The van der Waals surface area contributed by atoms with E-state index in [1.807, 2.05) is 0 Å². The summed E-state index contributed by atoms with van der Waals surface area (Å²) in [5, 5.41) is 0. The summed E-state index contributed by atoms with van der Waals surface area (Å²) in [5.74, 6) is -0.144. The SMILES string of the molecule is CC(=O)OC1CCCCC1(C)C.